The van der Waals surface area contributed by atoms with E-state index in [2.05, 4.69) is 20.3 Å². The van der Waals surface area contributed by atoms with Crippen molar-refractivity contribution in [3.05, 3.63) is 89.0 Å². The molecule has 4 aromatic rings. The van der Waals surface area contributed by atoms with Crippen LogP contribution >= 0.6 is 0 Å². The van der Waals surface area contributed by atoms with Crippen LogP contribution in [0.25, 0.3) is 11.1 Å². The lowest BCUT2D eigenvalue weighted by atomic mass is 10.1. The van der Waals surface area contributed by atoms with Crippen molar-refractivity contribution in [3.8, 4) is 16.9 Å². The van der Waals surface area contributed by atoms with E-state index in [1.54, 1.807) is 60.7 Å². The number of urea groups is 1. The highest BCUT2D eigenvalue weighted by Gasteiger charge is 2.35. The van der Waals surface area contributed by atoms with E-state index in [0.29, 0.717) is 33.8 Å². The number of hydrogen-bond acceptors (Lipinski definition) is 6. The molecular formula is C26H21F3N6O3. The molecule has 38 heavy (non-hydrogen) atoms. The van der Waals surface area contributed by atoms with Crippen molar-refractivity contribution in [1.29, 1.82) is 0 Å². The first-order valence-electron chi connectivity index (χ1n) is 11.4. The molecule has 0 spiro atoms. The van der Waals surface area contributed by atoms with Crippen LogP contribution in [0.4, 0.5) is 41.1 Å². The zero-order valence-electron chi connectivity index (χ0n) is 20.0. The SMILES string of the molecule is COc1ccc(N2Cc3cnc(NCC(F)(F)F)nc3N(c3ccc(-c4ccc[nH]c4=O)cc3)C2=O)cc1. The van der Waals surface area contributed by atoms with Gasteiger partial charge in [0.25, 0.3) is 5.56 Å². The highest BCUT2D eigenvalue weighted by Crippen LogP contribution is 2.37. The molecule has 1 aliphatic heterocycles. The van der Waals surface area contributed by atoms with Gasteiger partial charge in [0, 0.05) is 29.2 Å². The topological polar surface area (TPSA) is 103 Å². The normalized spacial score (nSPS) is 13.3. The van der Waals surface area contributed by atoms with Crippen LogP contribution in [-0.4, -0.2) is 40.8 Å². The van der Waals surface area contributed by atoms with Gasteiger partial charge in [-0.25, -0.2) is 14.7 Å². The first kappa shape index (κ1) is 24.8. The Labute approximate surface area is 214 Å². The third-order valence-electron chi connectivity index (χ3n) is 5.89. The fourth-order valence-corrected chi connectivity index (χ4v) is 4.05. The summed E-state index contributed by atoms with van der Waals surface area (Å²) in [4.78, 5) is 39.7. The number of rotatable bonds is 6. The summed E-state index contributed by atoms with van der Waals surface area (Å²) in [5.74, 6) is 0.514. The smallest absolute Gasteiger partial charge is 0.405 e. The molecule has 0 saturated carbocycles. The van der Waals surface area contributed by atoms with Gasteiger partial charge >= 0.3 is 12.2 Å². The standard InChI is InChI=1S/C26H21F3N6O3/c1-38-20-10-8-18(9-11-20)34-14-17-13-31-24(32-15-26(27,28)29)33-22(17)35(25(34)37)19-6-4-16(5-7-19)21-3-2-12-30-23(21)36/h2-13H,14-15H2,1H3,(H,30,36)(H,31,32,33). The number of nitrogens with zero attached hydrogens (tertiary/aromatic N) is 4. The van der Waals surface area contributed by atoms with E-state index in [4.69, 9.17) is 4.74 Å². The Morgan fingerprint density at radius 2 is 1.74 bits per heavy atom. The molecule has 3 heterocycles. The van der Waals surface area contributed by atoms with Gasteiger partial charge in [0.05, 0.1) is 19.3 Å². The van der Waals surface area contributed by atoms with Gasteiger partial charge in [-0.05, 0) is 54.1 Å². The third kappa shape index (κ3) is 5.01. The molecule has 2 amide bonds. The summed E-state index contributed by atoms with van der Waals surface area (Å²) >= 11 is 0. The molecule has 1 aliphatic rings. The second-order valence-electron chi connectivity index (χ2n) is 8.37. The Morgan fingerprint density at radius 3 is 2.39 bits per heavy atom. The Kier molecular flexibility index (Phi) is 6.45. The molecule has 5 rings (SSSR count). The second kappa shape index (κ2) is 9.88. The molecule has 2 aromatic heterocycles. The molecule has 0 saturated heterocycles. The summed E-state index contributed by atoms with van der Waals surface area (Å²) in [6.45, 7) is -1.22. The van der Waals surface area contributed by atoms with Gasteiger partial charge in [-0.2, -0.15) is 18.2 Å². The predicted molar refractivity (Wildman–Crippen MR) is 136 cm³/mol. The van der Waals surface area contributed by atoms with Gasteiger partial charge in [0.15, 0.2) is 5.82 Å². The highest BCUT2D eigenvalue weighted by atomic mass is 19.4. The van der Waals surface area contributed by atoms with Crippen LogP contribution in [0.5, 0.6) is 5.75 Å². The van der Waals surface area contributed by atoms with E-state index in [0.717, 1.165) is 0 Å². The number of nitrogens with one attached hydrogen (secondary N) is 2. The van der Waals surface area contributed by atoms with E-state index in [9.17, 15) is 22.8 Å². The second-order valence-corrected chi connectivity index (χ2v) is 8.37. The molecule has 0 aliphatic carbocycles. The lowest BCUT2D eigenvalue weighted by Crippen LogP contribution is -2.45. The number of anilines is 4. The molecule has 0 fully saturated rings. The monoisotopic (exact) mass is 522 g/mol. The largest absolute Gasteiger partial charge is 0.497 e. The first-order valence-corrected chi connectivity index (χ1v) is 11.4. The van der Waals surface area contributed by atoms with Crippen molar-refractivity contribution in [1.82, 2.24) is 15.0 Å². The minimum atomic E-state index is -4.47. The molecule has 194 valence electrons. The van der Waals surface area contributed by atoms with E-state index in [1.807, 2.05) is 0 Å². The Bertz CT molecular complexity index is 1520. The number of ether oxygens (including phenoxy) is 1. The fourth-order valence-electron chi connectivity index (χ4n) is 4.05. The van der Waals surface area contributed by atoms with Crippen molar-refractivity contribution in [2.75, 3.05) is 28.8 Å². The molecule has 9 nitrogen and oxygen atoms in total. The number of carbonyl (C=O) groups is 1. The molecular weight excluding hydrogens is 501 g/mol. The van der Waals surface area contributed by atoms with Crippen molar-refractivity contribution >= 4 is 29.2 Å². The number of H-pyrrole nitrogens is 1. The van der Waals surface area contributed by atoms with E-state index in [1.165, 1.54) is 29.3 Å². The summed E-state index contributed by atoms with van der Waals surface area (Å²) in [5, 5.41) is 2.16. The quantitative estimate of drug-likeness (QED) is 0.366. The maximum Gasteiger partial charge on any atom is 0.405 e. The Hall–Kier alpha value is -4.87. The number of amides is 2. The summed E-state index contributed by atoms with van der Waals surface area (Å²) in [6, 6.07) is 16.5. The van der Waals surface area contributed by atoms with Crippen LogP contribution in [0.3, 0.4) is 0 Å². The number of hydrogen-bond donors (Lipinski definition) is 2. The average molecular weight is 522 g/mol. The van der Waals surface area contributed by atoms with E-state index >= 15 is 0 Å². The number of aromatic nitrogens is 3. The maximum absolute atomic E-state index is 13.8. The van der Waals surface area contributed by atoms with E-state index in [-0.39, 0.29) is 23.9 Å². The van der Waals surface area contributed by atoms with E-state index < -0.39 is 18.8 Å². The molecule has 0 unspecified atom stereocenters. The number of halogens is 3. The first-order chi connectivity index (χ1) is 18.2. The van der Waals surface area contributed by atoms with Crippen molar-refractivity contribution in [2.24, 2.45) is 0 Å². The number of carbonyl (C=O) groups excluding carboxylic acids is 1. The third-order valence-corrected chi connectivity index (χ3v) is 5.89. The minimum absolute atomic E-state index is 0.105. The van der Waals surface area contributed by atoms with Crippen molar-refractivity contribution in [2.45, 2.75) is 12.7 Å². The summed E-state index contributed by atoms with van der Waals surface area (Å²) in [7, 11) is 1.54. The molecule has 0 atom stereocenters. The molecule has 0 bridgehead atoms. The number of fused-ring (bicyclic) bond motifs is 1. The van der Waals surface area contributed by atoms with Crippen LogP contribution in [0.2, 0.25) is 0 Å². The van der Waals surface area contributed by atoms with Gasteiger partial charge in [-0.15, -0.1) is 0 Å². The van der Waals surface area contributed by atoms with Crippen LogP contribution in [0.1, 0.15) is 5.56 Å². The zero-order chi connectivity index (χ0) is 26.9. The Balaban J connectivity index is 1.56. The number of benzene rings is 2. The van der Waals surface area contributed by atoms with Crippen LogP contribution in [-0.2, 0) is 6.54 Å². The summed E-state index contributed by atoms with van der Waals surface area (Å²) in [5.41, 5.74) is 2.33. The van der Waals surface area contributed by atoms with Gasteiger partial charge in [-0.3, -0.25) is 9.69 Å². The van der Waals surface area contributed by atoms with Gasteiger partial charge in [0.1, 0.15) is 12.3 Å². The maximum atomic E-state index is 13.8. The number of pyridine rings is 1. The highest BCUT2D eigenvalue weighted by molar-refractivity contribution is 6.10. The predicted octanol–water partition coefficient (Wildman–Crippen LogP) is 5.09. The molecule has 2 aromatic carbocycles. The number of aromatic amines is 1. The molecule has 2 N–H and O–H groups in total. The van der Waals surface area contributed by atoms with Crippen LogP contribution in [0.15, 0.2) is 77.9 Å². The lowest BCUT2D eigenvalue weighted by Gasteiger charge is -2.36. The van der Waals surface area contributed by atoms with Crippen molar-refractivity contribution < 1.29 is 22.7 Å². The van der Waals surface area contributed by atoms with Crippen LogP contribution < -0.4 is 25.4 Å². The van der Waals surface area contributed by atoms with Crippen molar-refractivity contribution in [3.63, 3.8) is 0 Å². The van der Waals surface area contributed by atoms with Crippen LogP contribution in [0, 0.1) is 0 Å². The molecule has 12 heteroatoms. The average Bonchev–Trinajstić information content (AvgIpc) is 2.92. The van der Waals surface area contributed by atoms with Gasteiger partial charge in [-0.1, -0.05) is 12.1 Å². The molecule has 0 radical (unpaired) electrons. The van der Waals surface area contributed by atoms with Gasteiger partial charge < -0.3 is 15.0 Å². The Morgan fingerprint density at radius 1 is 1.03 bits per heavy atom. The minimum Gasteiger partial charge on any atom is -0.497 e. The summed E-state index contributed by atoms with van der Waals surface area (Å²) < 4.78 is 43.5. The lowest BCUT2D eigenvalue weighted by molar-refractivity contribution is -0.115. The number of methoxy groups -OCH3 is 1. The fraction of sp³-hybridized carbons (Fsp3) is 0.154. The summed E-state index contributed by atoms with van der Waals surface area (Å²) in [6.07, 6.45) is -1.54. The zero-order valence-corrected chi connectivity index (χ0v) is 20.0. The number of alkyl halides is 3. The van der Waals surface area contributed by atoms with Gasteiger partial charge in [0.2, 0.25) is 5.95 Å².